The molecule has 0 unspecified atom stereocenters. The first kappa shape index (κ1) is 13.7. The summed E-state index contributed by atoms with van der Waals surface area (Å²) in [4.78, 5) is 29.3. The molecule has 0 atom stereocenters. The van der Waals surface area contributed by atoms with Gasteiger partial charge >= 0.3 is 0 Å². The van der Waals surface area contributed by atoms with Crippen molar-refractivity contribution in [2.75, 3.05) is 34.3 Å². The molecular formula is C14H19N2O3+. The van der Waals surface area contributed by atoms with E-state index in [0.717, 1.165) is 22.5 Å². The van der Waals surface area contributed by atoms with Gasteiger partial charge in [0, 0.05) is 6.42 Å². The Balaban J connectivity index is 1.94. The Kier molecular flexibility index (Phi) is 3.68. The molecule has 1 aromatic carbocycles. The molecule has 0 saturated heterocycles. The number of carbonyl (C=O) groups excluding carboxylic acids is 2. The molecular weight excluding hydrogens is 244 g/mol. The molecule has 1 aromatic rings. The highest BCUT2D eigenvalue weighted by Crippen LogP contribution is 2.22. The lowest BCUT2D eigenvalue weighted by Crippen LogP contribution is -2.37. The zero-order valence-electron chi connectivity index (χ0n) is 11.5. The molecule has 2 rings (SSSR count). The maximum atomic E-state index is 12.0. The second-order valence-electron chi connectivity index (χ2n) is 5.65. The van der Waals surface area contributed by atoms with Crippen LogP contribution in [0.3, 0.4) is 0 Å². The van der Waals surface area contributed by atoms with Gasteiger partial charge < -0.3 is 4.48 Å². The zero-order valence-corrected chi connectivity index (χ0v) is 11.5. The van der Waals surface area contributed by atoms with E-state index in [4.69, 9.17) is 4.84 Å². The van der Waals surface area contributed by atoms with Crippen LogP contribution >= 0.6 is 0 Å². The van der Waals surface area contributed by atoms with Crippen LogP contribution in [0, 0.1) is 0 Å². The van der Waals surface area contributed by atoms with Crippen molar-refractivity contribution < 1.29 is 18.9 Å². The van der Waals surface area contributed by atoms with Gasteiger partial charge in [0.05, 0.1) is 45.4 Å². The number of hydrogen-bond donors (Lipinski definition) is 0. The Morgan fingerprint density at radius 3 is 2.05 bits per heavy atom. The molecule has 0 aliphatic carbocycles. The normalized spacial score (nSPS) is 15.0. The number of imide groups is 1. The fourth-order valence-corrected chi connectivity index (χ4v) is 1.98. The van der Waals surface area contributed by atoms with Gasteiger partial charge in [0.15, 0.2) is 0 Å². The van der Waals surface area contributed by atoms with Crippen molar-refractivity contribution in [2.45, 2.75) is 6.42 Å². The minimum atomic E-state index is -0.370. The first-order valence-electron chi connectivity index (χ1n) is 6.31. The summed E-state index contributed by atoms with van der Waals surface area (Å²) in [5, 5.41) is 0.875. The van der Waals surface area contributed by atoms with E-state index in [1.807, 2.05) is 0 Å². The lowest BCUT2D eigenvalue weighted by molar-refractivity contribution is -0.870. The molecule has 5 nitrogen and oxygen atoms in total. The summed E-state index contributed by atoms with van der Waals surface area (Å²) >= 11 is 0. The summed E-state index contributed by atoms with van der Waals surface area (Å²) in [5.41, 5.74) is 0.832. The highest BCUT2D eigenvalue weighted by atomic mass is 16.7. The molecule has 5 heteroatoms. The van der Waals surface area contributed by atoms with Crippen LogP contribution in [0.25, 0.3) is 0 Å². The molecule has 0 spiro atoms. The second-order valence-corrected chi connectivity index (χ2v) is 5.65. The van der Waals surface area contributed by atoms with Crippen LogP contribution < -0.4 is 0 Å². The van der Waals surface area contributed by atoms with E-state index in [1.54, 1.807) is 24.3 Å². The third kappa shape index (κ3) is 3.00. The highest BCUT2D eigenvalue weighted by Gasteiger charge is 2.36. The maximum absolute atomic E-state index is 12.0. The quantitative estimate of drug-likeness (QED) is 0.457. The number of carbonyl (C=O) groups is 2. The minimum Gasteiger partial charge on any atom is -0.331 e. The summed E-state index contributed by atoms with van der Waals surface area (Å²) in [5.74, 6) is -0.739. The molecule has 1 aliphatic rings. The number of fused-ring (bicyclic) bond motifs is 1. The van der Waals surface area contributed by atoms with Crippen molar-refractivity contribution in [2.24, 2.45) is 0 Å². The molecule has 0 radical (unpaired) electrons. The third-order valence-corrected chi connectivity index (χ3v) is 2.95. The van der Waals surface area contributed by atoms with Crippen LogP contribution in [-0.2, 0) is 4.84 Å². The SMILES string of the molecule is C[N+](C)(C)CCCON1C(=O)c2ccccc2C1=O. The Labute approximate surface area is 112 Å². The third-order valence-electron chi connectivity index (χ3n) is 2.95. The smallest absolute Gasteiger partial charge is 0.285 e. The van der Waals surface area contributed by atoms with Crippen molar-refractivity contribution >= 4 is 11.8 Å². The highest BCUT2D eigenvalue weighted by molar-refractivity contribution is 6.20. The zero-order chi connectivity index (χ0) is 14.0. The number of amides is 2. The van der Waals surface area contributed by atoms with Crippen molar-refractivity contribution in [1.29, 1.82) is 0 Å². The maximum Gasteiger partial charge on any atom is 0.285 e. The van der Waals surface area contributed by atoms with Crippen LogP contribution in [0.4, 0.5) is 0 Å². The van der Waals surface area contributed by atoms with Gasteiger partial charge in [0.1, 0.15) is 0 Å². The first-order chi connectivity index (χ1) is 8.90. The monoisotopic (exact) mass is 263 g/mol. The number of benzene rings is 1. The van der Waals surface area contributed by atoms with E-state index in [1.165, 1.54) is 0 Å². The van der Waals surface area contributed by atoms with Gasteiger partial charge in [-0.05, 0) is 12.1 Å². The molecule has 1 heterocycles. The predicted molar refractivity (Wildman–Crippen MR) is 70.4 cm³/mol. The van der Waals surface area contributed by atoms with Crippen LogP contribution in [0.5, 0.6) is 0 Å². The first-order valence-corrected chi connectivity index (χ1v) is 6.31. The summed E-state index contributed by atoms with van der Waals surface area (Å²) in [6.07, 6.45) is 0.789. The van der Waals surface area contributed by atoms with Crippen molar-refractivity contribution in [3.63, 3.8) is 0 Å². The lowest BCUT2D eigenvalue weighted by atomic mass is 10.1. The van der Waals surface area contributed by atoms with Crippen LogP contribution in [0.15, 0.2) is 24.3 Å². The fraction of sp³-hybridized carbons (Fsp3) is 0.429. The molecule has 0 bridgehead atoms. The largest absolute Gasteiger partial charge is 0.331 e. The molecule has 2 amide bonds. The number of hydroxylamine groups is 2. The van der Waals surface area contributed by atoms with Gasteiger partial charge in [-0.1, -0.05) is 12.1 Å². The van der Waals surface area contributed by atoms with Gasteiger partial charge in [-0.15, -0.1) is 5.06 Å². The Hall–Kier alpha value is -1.72. The summed E-state index contributed by atoms with van der Waals surface area (Å²) < 4.78 is 0.825. The van der Waals surface area contributed by atoms with Crippen molar-refractivity contribution in [1.82, 2.24) is 5.06 Å². The van der Waals surface area contributed by atoms with Crippen LogP contribution in [0.2, 0.25) is 0 Å². The number of quaternary nitrogens is 1. The fourth-order valence-electron chi connectivity index (χ4n) is 1.98. The number of rotatable bonds is 5. The Morgan fingerprint density at radius 2 is 1.58 bits per heavy atom. The van der Waals surface area contributed by atoms with Gasteiger partial charge in [-0.3, -0.25) is 14.4 Å². The number of hydrogen-bond acceptors (Lipinski definition) is 3. The van der Waals surface area contributed by atoms with E-state index >= 15 is 0 Å². The van der Waals surface area contributed by atoms with E-state index in [-0.39, 0.29) is 11.8 Å². The van der Waals surface area contributed by atoms with Crippen molar-refractivity contribution in [3.8, 4) is 0 Å². The molecule has 0 aromatic heterocycles. The molecule has 102 valence electrons. The average molecular weight is 263 g/mol. The van der Waals surface area contributed by atoms with Crippen LogP contribution in [0.1, 0.15) is 27.1 Å². The van der Waals surface area contributed by atoms with E-state index < -0.39 is 0 Å². The molecule has 0 N–H and O–H groups in total. The topological polar surface area (TPSA) is 46.6 Å². The van der Waals surface area contributed by atoms with Crippen molar-refractivity contribution in [3.05, 3.63) is 35.4 Å². The van der Waals surface area contributed by atoms with E-state index in [9.17, 15) is 9.59 Å². The molecule has 19 heavy (non-hydrogen) atoms. The van der Waals surface area contributed by atoms with Crippen LogP contribution in [-0.4, -0.2) is 55.7 Å². The summed E-state index contributed by atoms with van der Waals surface area (Å²) in [6, 6.07) is 6.77. The number of nitrogens with zero attached hydrogens (tertiary/aromatic N) is 2. The van der Waals surface area contributed by atoms with Gasteiger partial charge in [-0.25, -0.2) is 0 Å². The predicted octanol–water partition coefficient (Wildman–Crippen LogP) is 1.31. The Bertz CT molecular complexity index is 471. The summed E-state index contributed by atoms with van der Waals surface area (Å²) in [6.45, 7) is 1.28. The van der Waals surface area contributed by atoms with E-state index in [0.29, 0.717) is 17.7 Å². The van der Waals surface area contributed by atoms with E-state index in [2.05, 4.69) is 21.1 Å². The second kappa shape index (κ2) is 5.11. The summed E-state index contributed by atoms with van der Waals surface area (Å²) in [7, 11) is 6.26. The van der Waals surface area contributed by atoms with Gasteiger partial charge in [-0.2, -0.15) is 0 Å². The molecule has 1 aliphatic heterocycles. The van der Waals surface area contributed by atoms with Gasteiger partial charge in [0.25, 0.3) is 11.8 Å². The average Bonchev–Trinajstić information content (AvgIpc) is 2.58. The van der Waals surface area contributed by atoms with Gasteiger partial charge in [0.2, 0.25) is 0 Å². The Morgan fingerprint density at radius 1 is 1.05 bits per heavy atom. The molecule has 0 fully saturated rings. The standard InChI is InChI=1S/C14H19N2O3/c1-16(2,3)9-6-10-19-15-13(17)11-7-4-5-8-12(11)14(15)18/h4-5,7-8H,6,9-10H2,1-3H3/q+1. The molecule has 0 saturated carbocycles. The minimum absolute atomic E-state index is 0.362. The lowest BCUT2D eigenvalue weighted by Gasteiger charge is -2.24.